The molecule has 0 bridgehead atoms. The third-order valence-electron chi connectivity index (χ3n) is 6.98. The highest BCUT2D eigenvalue weighted by atomic mass is 35.5. The number of hydrogen-bond acceptors (Lipinski definition) is 8. The third-order valence-corrected chi connectivity index (χ3v) is 9.90. The van der Waals surface area contributed by atoms with E-state index in [1.165, 1.54) is 15.4 Å². The van der Waals surface area contributed by atoms with Gasteiger partial charge in [-0.15, -0.1) is 0 Å². The summed E-state index contributed by atoms with van der Waals surface area (Å²) in [4.78, 5) is 36.4. The summed E-state index contributed by atoms with van der Waals surface area (Å²) in [6.45, 7) is 7.01. The topological polar surface area (TPSA) is 109 Å². The lowest BCUT2D eigenvalue weighted by Crippen LogP contribution is -2.35. The van der Waals surface area contributed by atoms with Crippen LogP contribution in [-0.4, -0.2) is 85.5 Å². The van der Waals surface area contributed by atoms with Gasteiger partial charge in [-0.1, -0.05) is 53.5 Å². The van der Waals surface area contributed by atoms with E-state index in [1.807, 2.05) is 24.3 Å². The molecule has 2 aliphatic rings. The van der Waals surface area contributed by atoms with Crippen LogP contribution in [0.25, 0.3) is 0 Å². The largest absolute Gasteiger partial charge is 0.534 e. The van der Waals surface area contributed by atoms with Crippen LogP contribution in [0.4, 0.5) is 4.79 Å². The van der Waals surface area contributed by atoms with Crippen molar-refractivity contribution in [3.05, 3.63) is 63.6 Å². The summed E-state index contributed by atoms with van der Waals surface area (Å²) < 4.78 is 33.3. The molecule has 1 aliphatic heterocycles. The Morgan fingerprint density at radius 3 is 2.42 bits per heavy atom. The zero-order chi connectivity index (χ0) is 31.4. The zero-order valence-corrected chi connectivity index (χ0v) is 27.2. The van der Waals surface area contributed by atoms with Gasteiger partial charge in [0.05, 0.1) is 23.1 Å². The van der Waals surface area contributed by atoms with Crippen LogP contribution in [0.2, 0.25) is 10.0 Å². The van der Waals surface area contributed by atoms with E-state index in [1.54, 1.807) is 44.9 Å². The molecular weight excluding hydrogens is 615 g/mol. The Balaban J connectivity index is 1.25. The number of rotatable bonds is 12. The molecule has 0 radical (unpaired) electrons. The summed E-state index contributed by atoms with van der Waals surface area (Å²) in [6, 6.07) is 12.2. The normalized spacial score (nSPS) is 15.4. The van der Waals surface area contributed by atoms with Crippen molar-refractivity contribution in [2.24, 2.45) is 4.99 Å². The Bertz CT molecular complexity index is 1460. The smallest absolute Gasteiger partial charge is 0.427 e. The van der Waals surface area contributed by atoms with Crippen molar-refractivity contribution >= 4 is 51.1 Å². The van der Waals surface area contributed by atoms with E-state index in [0.29, 0.717) is 38.3 Å². The van der Waals surface area contributed by atoms with Gasteiger partial charge in [0.25, 0.3) is 0 Å². The molecule has 1 fully saturated rings. The third kappa shape index (κ3) is 8.84. The number of hydrogen-bond donors (Lipinski definition) is 0. The quantitative estimate of drug-likeness (QED) is 0.276. The predicted molar refractivity (Wildman–Crippen MR) is 166 cm³/mol. The van der Waals surface area contributed by atoms with E-state index in [4.69, 9.17) is 32.8 Å². The number of halogens is 2. The Hall–Kier alpha value is -2.86. The fourth-order valence-corrected chi connectivity index (χ4v) is 7.07. The lowest BCUT2D eigenvalue weighted by molar-refractivity contribution is -0.130. The lowest BCUT2D eigenvalue weighted by atomic mass is 10.1. The monoisotopic (exact) mass is 652 g/mol. The molecule has 10 nitrogen and oxygen atoms in total. The number of carbonyl (C=O) groups is 2. The average Bonchev–Trinajstić information content (AvgIpc) is 3.67. The summed E-state index contributed by atoms with van der Waals surface area (Å²) >= 11 is 12.3. The second-order valence-corrected chi connectivity index (χ2v) is 14.3. The van der Waals surface area contributed by atoms with Gasteiger partial charge in [-0.25, -0.2) is 13.2 Å². The average molecular weight is 654 g/mol. The Labute approximate surface area is 263 Å². The molecule has 0 N–H and O–H groups in total. The van der Waals surface area contributed by atoms with Gasteiger partial charge in [0.2, 0.25) is 15.9 Å². The number of amidine groups is 1. The molecule has 1 saturated carbocycles. The highest BCUT2D eigenvalue weighted by Crippen LogP contribution is 2.36. The van der Waals surface area contributed by atoms with E-state index < -0.39 is 21.8 Å². The van der Waals surface area contributed by atoms with Crippen LogP contribution in [-0.2, 0) is 30.8 Å². The Kier molecular flexibility index (Phi) is 10.6. The number of nitrogens with zero attached hydrogens (tertiary/aromatic N) is 4. The summed E-state index contributed by atoms with van der Waals surface area (Å²) in [5, 5.41) is 1.64. The lowest BCUT2D eigenvalue weighted by Gasteiger charge is -2.23. The predicted octanol–water partition coefficient (Wildman–Crippen LogP) is 5.56. The molecule has 0 atom stereocenters. The molecular formula is C30H38Cl2N4O6S. The van der Waals surface area contributed by atoms with Gasteiger partial charge in [-0.2, -0.15) is 9.37 Å². The number of likely N-dealkylation sites (N-methyl/N-ethyl adjacent to an activating group) is 1. The molecule has 1 amide bonds. The van der Waals surface area contributed by atoms with Crippen LogP contribution < -0.4 is 0 Å². The van der Waals surface area contributed by atoms with Gasteiger partial charge in [0, 0.05) is 38.2 Å². The minimum absolute atomic E-state index is 0.00805. The first-order chi connectivity index (χ1) is 20.3. The first-order valence-corrected chi connectivity index (χ1v) is 16.5. The molecule has 0 unspecified atom stereocenters. The maximum absolute atomic E-state index is 13.3. The fraction of sp³-hybridized carbons (Fsp3) is 0.500. The molecule has 2 aromatic rings. The summed E-state index contributed by atoms with van der Waals surface area (Å²) in [7, 11) is -2.09. The molecule has 1 heterocycles. The summed E-state index contributed by atoms with van der Waals surface area (Å²) in [5.74, 6) is 0.505. The standard InChI is InChI=1S/C30H38Cl2N4O6S/c1-30(2,3)41-29(38)42-35-20-17-33-28(35)22-12-10-21(11-13-22)16-19-34(4)26(37)9-6-18-36(23-14-15-23)43(39,40)25-8-5-7-24(31)27(25)32/h5,7-8,10-13,23H,6,9,14-20H2,1-4H3. The van der Waals surface area contributed by atoms with Crippen LogP contribution in [0.15, 0.2) is 52.4 Å². The van der Waals surface area contributed by atoms with Crippen molar-refractivity contribution in [1.82, 2.24) is 14.3 Å². The molecule has 0 aromatic heterocycles. The maximum Gasteiger partial charge on any atom is 0.534 e. The number of aliphatic imine (C=N–C) groups is 1. The molecule has 0 saturated heterocycles. The molecule has 43 heavy (non-hydrogen) atoms. The van der Waals surface area contributed by atoms with Crippen LogP contribution in [0.5, 0.6) is 0 Å². The fourth-order valence-electron chi connectivity index (χ4n) is 4.60. The van der Waals surface area contributed by atoms with Crippen molar-refractivity contribution in [3.8, 4) is 0 Å². The van der Waals surface area contributed by atoms with E-state index in [9.17, 15) is 18.0 Å². The minimum atomic E-state index is -3.83. The van der Waals surface area contributed by atoms with Crippen molar-refractivity contribution in [2.45, 2.75) is 69.4 Å². The van der Waals surface area contributed by atoms with Gasteiger partial charge >= 0.3 is 6.16 Å². The van der Waals surface area contributed by atoms with E-state index in [-0.39, 0.29) is 39.9 Å². The molecule has 13 heteroatoms. The van der Waals surface area contributed by atoms with Gasteiger partial charge < -0.3 is 14.5 Å². The van der Waals surface area contributed by atoms with Gasteiger partial charge in [0.1, 0.15) is 10.5 Å². The minimum Gasteiger partial charge on any atom is -0.427 e. The van der Waals surface area contributed by atoms with Gasteiger partial charge in [0.15, 0.2) is 5.84 Å². The highest BCUT2D eigenvalue weighted by Gasteiger charge is 2.39. The SMILES string of the molecule is CN(CCc1ccc(C2=NCCN2OC(=O)OC(C)(C)C)cc1)C(=O)CCCN(C1CC1)S(=O)(=O)c1cccc(Cl)c1Cl. The maximum atomic E-state index is 13.3. The van der Waals surface area contributed by atoms with Crippen LogP contribution in [0.3, 0.4) is 0 Å². The number of carbonyl (C=O) groups excluding carboxylic acids is 2. The van der Waals surface area contributed by atoms with E-state index in [2.05, 4.69) is 4.99 Å². The van der Waals surface area contributed by atoms with Crippen LogP contribution in [0.1, 0.15) is 57.6 Å². The first-order valence-electron chi connectivity index (χ1n) is 14.3. The molecule has 0 spiro atoms. The van der Waals surface area contributed by atoms with E-state index >= 15 is 0 Å². The second-order valence-electron chi connectivity index (χ2n) is 11.6. The highest BCUT2D eigenvalue weighted by molar-refractivity contribution is 7.89. The van der Waals surface area contributed by atoms with Crippen molar-refractivity contribution in [1.29, 1.82) is 0 Å². The number of sulfonamides is 1. The number of hydroxylamine groups is 2. The Morgan fingerprint density at radius 2 is 1.77 bits per heavy atom. The van der Waals surface area contributed by atoms with Crippen molar-refractivity contribution in [3.63, 3.8) is 0 Å². The zero-order valence-electron chi connectivity index (χ0n) is 24.9. The molecule has 234 valence electrons. The van der Waals surface area contributed by atoms with Gasteiger partial charge in [-0.05, 0) is 64.2 Å². The molecule has 2 aromatic carbocycles. The van der Waals surface area contributed by atoms with Crippen LogP contribution in [0, 0.1) is 0 Å². The number of ether oxygens (including phenoxy) is 1. The summed E-state index contributed by atoms with van der Waals surface area (Å²) in [5.41, 5.74) is 1.18. The number of benzene rings is 2. The van der Waals surface area contributed by atoms with E-state index in [0.717, 1.165) is 24.0 Å². The van der Waals surface area contributed by atoms with Crippen LogP contribution >= 0.6 is 23.2 Å². The second kappa shape index (κ2) is 13.8. The summed E-state index contributed by atoms with van der Waals surface area (Å²) in [6.07, 6.45) is 2.06. The Morgan fingerprint density at radius 1 is 1.07 bits per heavy atom. The first kappa shape index (κ1) is 33.0. The number of amides is 1. The van der Waals surface area contributed by atoms with Crippen molar-refractivity contribution in [2.75, 3.05) is 33.2 Å². The van der Waals surface area contributed by atoms with Gasteiger partial charge in [-0.3, -0.25) is 9.79 Å². The molecule has 4 rings (SSSR count). The van der Waals surface area contributed by atoms with Crippen molar-refractivity contribution < 1.29 is 27.6 Å². The molecule has 1 aliphatic carbocycles.